The highest BCUT2D eigenvalue weighted by Crippen LogP contribution is 2.26. The molecule has 15 heavy (non-hydrogen) atoms. The molecular formula is C11H6BrClOS. The maximum atomic E-state index is 12.0. The number of hydrogen-bond donors (Lipinski definition) is 0. The lowest BCUT2D eigenvalue weighted by atomic mass is 10.1. The fourth-order valence-corrected chi connectivity index (χ4v) is 2.91. The fourth-order valence-electron chi connectivity index (χ4n) is 1.23. The predicted octanol–water partition coefficient (Wildman–Crippen LogP) is 4.40. The SMILES string of the molecule is O=C(c1ccccc1Cl)c1cscc1Br. The summed E-state index contributed by atoms with van der Waals surface area (Å²) in [7, 11) is 0. The molecule has 0 radical (unpaired) electrons. The molecule has 0 fully saturated rings. The zero-order valence-corrected chi connectivity index (χ0v) is 10.7. The van der Waals surface area contributed by atoms with Crippen molar-refractivity contribution in [2.24, 2.45) is 0 Å². The summed E-state index contributed by atoms with van der Waals surface area (Å²) >= 11 is 10.8. The summed E-state index contributed by atoms with van der Waals surface area (Å²) < 4.78 is 0.817. The average Bonchev–Trinajstić information content (AvgIpc) is 2.64. The summed E-state index contributed by atoms with van der Waals surface area (Å²) in [5, 5.41) is 4.18. The maximum absolute atomic E-state index is 12.0. The molecule has 1 heterocycles. The Kier molecular flexibility index (Phi) is 3.24. The third-order valence-corrected chi connectivity index (χ3v) is 4.01. The second-order valence-corrected chi connectivity index (χ2v) is 4.95. The predicted molar refractivity (Wildman–Crippen MR) is 66.9 cm³/mol. The first-order valence-corrected chi connectivity index (χ1v) is 6.32. The van der Waals surface area contributed by atoms with Crippen molar-refractivity contribution in [1.29, 1.82) is 0 Å². The third-order valence-electron chi connectivity index (χ3n) is 1.98. The quantitative estimate of drug-likeness (QED) is 0.752. The van der Waals surface area contributed by atoms with Gasteiger partial charge < -0.3 is 0 Å². The largest absolute Gasteiger partial charge is 0.288 e. The van der Waals surface area contributed by atoms with Crippen LogP contribution in [-0.4, -0.2) is 5.78 Å². The lowest BCUT2D eigenvalue weighted by molar-refractivity contribution is 0.103. The van der Waals surface area contributed by atoms with Crippen molar-refractivity contribution in [1.82, 2.24) is 0 Å². The third kappa shape index (κ3) is 2.14. The average molecular weight is 302 g/mol. The maximum Gasteiger partial charge on any atom is 0.196 e. The van der Waals surface area contributed by atoms with Crippen LogP contribution in [0.1, 0.15) is 15.9 Å². The molecule has 0 atom stereocenters. The van der Waals surface area contributed by atoms with E-state index in [0.29, 0.717) is 16.1 Å². The van der Waals surface area contributed by atoms with Crippen LogP contribution in [0, 0.1) is 0 Å². The van der Waals surface area contributed by atoms with Crippen molar-refractivity contribution in [2.75, 3.05) is 0 Å². The Bertz CT molecular complexity index is 507. The molecule has 0 aliphatic heterocycles. The summed E-state index contributed by atoms with van der Waals surface area (Å²) in [4.78, 5) is 12.0. The van der Waals surface area contributed by atoms with Crippen molar-refractivity contribution >= 4 is 44.7 Å². The fraction of sp³-hybridized carbons (Fsp3) is 0. The molecule has 0 saturated heterocycles. The van der Waals surface area contributed by atoms with Crippen LogP contribution in [0.4, 0.5) is 0 Å². The Labute approximate surface area is 105 Å². The molecule has 0 saturated carbocycles. The molecule has 2 aromatic rings. The van der Waals surface area contributed by atoms with E-state index in [1.165, 1.54) is 11.3 Å². The van der Waals surface area contributed by atoms with E-state index in [1.807, 2.05) is 16.8 Å². The lowest BCUT2D eigenvalue weighted by Crippen LogP contribution is -2.00. The van der Waals surface area contributed by atoms with Crippen LogP contribution >= 0.6 is 38.9 Å². The standard InChI is InChI=1S/C11H6BrClOS/c12-9-6-15-5-8(9)11(14)7-3-1-2-4-10(7)13/h1-6H. The summed E-state index contributed by atoms with van der Waals surface area (Å²) in [5.74, 6) is -0.0475. The molecule has 0 spiro atoms. The summed E-state index contributed by atoms with van der Waals surface area (Å²) in [6.45, 7) is 0. The molecule has 2 rings (SSSR count). The smallest absolute Gasteiger partial charge is 0.196 e. The molecule has 0 N–H and O–H groups in total. The van der Waals surface area contributed by atoms with Gasteiger partial charge in [-0.15, -0.1) is 0 Å². The van der Waals surface area contributed by atoms with Gasteiger partial charge >= 0.3 is 0 Å². The monoisotopic (exact) mass is 300 g/mol. The molecule has 0 unspecified atom stereocenters. The van der Waals surface area contributed by atoms with Gasteiger partial charge in [0.05, 0.1) is 5.02 Å². The zero-order valence-electron chi connectivity index (χ0n) is 7.54. The van der Waals surface area contributed by atoms with E-state index < -0.39 is 0 Å². The van der Waals surface area contributed by atoms with Crippen LogP contribution in [0.15, 0.2) is 39.5 Å². The van der Waals surface area contributed by atoms with Gasteiger partial charge in [-0.25, -0.2) is 0 Å². The molecule has 0 aliphatic carbocycles. The van der Waals surface area contributed by atoms with Crippen molar-refractivity contribution in [2.45, 2.75) is 0 Å². The minimum atomic E-state index is -0.0475. The first-order chi connectivity index (χ1) is 7.20. The van der Waals surface area contributed by atoms with E-state index in [1.54, 1.807) is 18.2 Å². The number of halogens is 2. The van der Waals surface area contributed by atoms with Crippen LogP contribution in [0.25, 0.3) is 0 Å². The second-order valence-electron chi connectivity index (χ2n) is 2.94. The van der Waals surface area contributed by atoms with Crippen LogP contribution in [0.2, 0.25) is 5.02 Å². The minimum Gasteiger partial charge on any atom is -0.288 e. The molecule has 1 aromatic carbocycles. The number of rotatable bonds is 2. The zero-order chi connectivity index (χ0) is 10.8. The van der Waals surface area contributed by atoms with E-state index in [4.69, 9.17) is 11.6 Å². The van der Waals surface area contributed by atoms with Crippen LogP contribution < -0.4 is 0 Å². The molecule has 0 amide bonds. The van der Waals surface area contributed by atoms with Crippen LogP contribution in [0.5, 0.6) is 0 Å². The second kappa shape index (κ2) is 4.47. The number of thiophene rings is 1. The number of benzene rings is 1. The van der Waals surface area contributed by atoms with Crippen molar-refractivity contribution in [3.05, 3.63) is 55.6 Å². The van der Waals surface area contributed by atoms with Gasteiger partial charge in [0.15, 0.2) is 5.78 Å². The Morgan fingerprint density at radius 1 is 1.20 bits per heavy atom. The van der Waals surface area contributed by atoms with Gasteiger partial charge in [0, 0.05) is 26.4 Å². The van der Waals surface area contributed by atoms with E-state index in [9.17, 15) is 4.79 Å². The molecule has 0 bridgehead atoms. The van der Waals surface area contributed by atoms with Crippen molar-refractivity contribution < 1.29 is 4.79 Å². The number of ketones is 1. The van der Waals surface area contributed by atoms with Crippen LogP contribution in [-0.2, 0) is 0 Å². The Balaban J connectivity index is 2.46. The summed E-state index contributed by atoms with van der Waals surface area (Å²) in [5.41, 5.74) is 1.20. The number of carbonyl (C=O) groups excluding carboxylic acids is 1. The molecular weight excluding hydrogens is 296 g/mol. The van der Waals surface area contributed by atoms with Gasteiger partial charge in [-0.3, -0.25) is 4.79 Å². The highest BCUT2D eigenvalue weighted by molar-refractivity contribution is 9.10. The highest BCUT2D eigenvalue weighted by atomic mass is 79.9. The van der Waals surface area contributed by atoms with Crippen molar-refractivity contribution in [3.8, 4) is 0 Å². The number of hydrogen-bond acceptors (Lipinski definition) is 2. The minimum absolute atomic E-state index is 0.0475. The topological polar surface area (TPSA) is 17.1 Å². The van der Waals surface area contributed by atoms with Gasteiger partial charge in [-0.05, 0) is 28.1 Å². The van der Waals surface area contributed by atoms with E-state index in [-0.39, 0.29) is 5.78 Å². The Morgan fingerprint density at radius 2 is 1.93 bits per heavy atom. The van der Waals surface area contributed by atoms with Gasteiger partial charge in [0.2, 0.25) is 0 Å². The highest BCUT2D eigenvalue weighted by Gasteiger charge is 2.15. The van der Waals surface area contributed by atoms with Gasteiger partial charge in [-0.1, -0.05) is 23.7 Å². The molecule has 76 valence electrons. The summed E-state index contributed by atoms with van der Waals surface area (Å²) in [6.07, 6.45) is 0. The van der Waals surface area contributed by atoms with Crippen molar-refractivity contribution in [3.63, 3.8) is 0 Å². The molecule has 4 heteroatoms. The first-order valence-electron chi connectivity index (χ1n) is 4.21. The van der Waals surface area contributed by atoms with Gasteiger partial charge in [-0.2, -0.15) is 11.3 Å². The summed E-state index contributed by atoms with van der Waals surface area (Å²) in [6, 6.07) is 7.06. The van der Waals surface area contributed by atoms with E-state index in [2.05, 4.69) is 15.9 Å². The van der Waals surface area contributed by atoms with Crippen LogP contribution in [0.3, 0.4) is 0 Å². The van der Waals surface area contributed by atoms with E-state index >= 15 is 0 Å². The van der Waals surface area contributed by atoms with Gasteiger partial charge in [0.25, 0.3) is 0 Å². The molecule has 1 aromatic heterocycles. The normalized spacial score (nSPS) is 10.3. The van der Waals surface area contributed by atoms with Gasteiger partial charge in [0.1, 0.15) is 0 Å². The first kappa shape index (κ1) is 10.9. The Hall–Kier alpha value is -0.640. The Morgan fingerprint density at radius 3 is 2.53 bits per heavy atom. The molecule has 0 aliphatic rings. The molecule has 1 nitrogen and oxygen atoms in total. The lowest BCUT2D eigenvalue weighted by Gasteiger charge is -2.01. The van der Waals surface area contributed by atoms with E-state index in [0.717, 1.165) is 4.47 Å². The number of carbonyl (C=O) groups is 1.